The molecule has 0 bridgehead atoms. The minimum atomic E-state index is 0.935. The Morgan fingerprint density at radius 1 is 0.667 bits per heavy atom. The first kappa shape index (κ1) is 18.0. The molecule has 0 spiro atoms. The van der Waals surface area contributed by atoms with Crippen LogP contribution in [0.3, 0.4) is 0 Å². The van der Waals surface area contributed by atoms with Crippen LogP contribution in [0, 0.1) is 17.8 Å². The highest BCUT2D eigenvalue weighted by Gasteiger charge is 2.14. The van der Waals surface area contributed by atoms with Crippen LogP contribution >= 0.6 is 0 Å². The Hall–Kier alpha value is 0. The first-order valence-electron chi connectivity index (χ1n) is 8.65. The molecule has 0 amide bonds. The van der Waals surface area contributed by atoms with Crippen molar-refractivity contribution in [3.05, 3.63) is 0 Å². The van der Waals surface area contributed by atoms with Crippen molar-refractivity contribution in [2.45, 2.75) is 98.8 Å². The Balaban J connectivity index is 3.54. The Morgan fingerprint density at radius 3 is 1.78 bits per heavy atom. The van der Waals surface area contributed by atoms with Crippen LogP contribution < -0.4 is 0 Å². The maximum Gasteiger partial charge on any atom is -0.0389 e. The minimum absolute atomic E-state index is 0.935. The fourth-order valence-corrected chi connectivity index (χ4v) is 2.87. The minimum Gasteiger partial charge on any atom is -0.0654 e. The molecule has 0 aromatic rings. The van der Waals surface area contributed by atoms with Gasteiger partial charge in [-0.25, -0.2) is 0 Å². The summed E-state index contributed by atoms with van der Waals surface area (Å²) in [5.74, 6) is 2.87. The smallest absolute Gasteiger partial charge is 0.0389 e. The average Bonchev–Trinajstić information content (AvgIpc) is 2.39. The van der Waals surface area contributed by atoms with Gasteiger partial charge in [-0.3, -0.25) is 0 Å². The highest BCUT2D eigenvalue weighted by atomic mass is 14.2. The van der Waals surface area contributed by atoms with Crippen LogP contribution in [0.2, 0.25) is 0 Å². The monoisotopic (exact) mass is 254 g/mol. The quantitative estimate of drug-likeness (QED) is 0.335. The van der Waals surface area contributed by atoms with E-state index in [-0.39, 0.29) is 0 Å². The fraction of sp³-hybridized carbons (Fsp3) is 1.00. The van der Waals surface area contributed by atoms with E-state index < -0.39 is 0 Å². The summed E-state index contributed by atoms with van der Waals surface area (Å²) >= 11 is 0. The predicted octanol–water partition coefficient (Wildman–Crippen LogP) is 6.84. The van der Waals surface area contributed by atoms with Gasteiger partial charge in [0.25, 0.3) is 0 Å². The highest BCUT2D eigenvalue weighted by Crippen LogP contribution is 2.26. The van der Waals surface area contributed by atoms with Crippen molar-refractivity contribution in [3.63, 3.8) is 0 Å². The fourth-order valence-electron chi connectivity index (χ4n) is 2.87. The molecule has 0 radical (unpaired) electrons. The normalized spacial score (nSPS) is 16.5. The lowest BCUT2D eigenvalue weighted by molar-refractivity contribution is 0.294. The van der Waals surface area contributed by atoms with Gasteiger partial charge in [-0.1, -0.05) is 98.8 Å². The van der Waals surface area contributed by atoms with E-state index in [2.05, 4.69) is 34.6 Å². The summed E-state index contributed by atoms with van der Waals surface area (Å²) in [7, 11) is 0. The molecular formula is C18H38. The molecule has 0 N–H and O–H groups in total. The topological polar surface area (TPSA) is 0 Å². The van der Waals surface area contributed by atoms with E-state index in [1.165, 1.54) is 64.2 Å². The molecular weight excluding hydrogens is 216 g/mol. The molecule has 110 valence electrons. The van der Waals surface area contributed by atoms with Gasteiger partial charge >= 0.3 is 0 Å². The maximum absolute atomic E-state index is 2.45. The van der Waals surface area contributed by atoms with Crippen molar-refractivity contribution in [1.82, 2.24) is 0 Å². The van der Waals surface area contributed by atoms with Gasteiger partial charge in [0, 0.05) is 0 Å². The zero-order chi connectivity index (χ0) is 13.8. The first-order chi connectivity index (χ1) is 8.65. The Morgan fingerprint density at radius 2 is 1.28 bits per heavy atom. The molecule has 0 saturated carbocycles. The SMILES string of the molecule is CCCC(CCCCCCC(C)CC)C(C)CC. The van der Waals surface area contributed by atoms with E-state index in [1.54, 1.807) is 0 Å². The van der Waals surface area contributed by atoms with Gasteiger partial charge in [-0.2, -0.15) is 0 Å². The number of unbranched alkanes of at least 4 members (excludes halogenated alkanes) is 3. The molecule has 0 aliphatic rings. The van der Waals surface area contributed by atoms with Gasteiger partial charge in [0.1, 0.15) is 0 Å². The predicted molar refractivity (Wildman–Crippen MR) is 85.0 cm³/mol. The van der Waals surface area contributed by atoms with Gasteiger partial charge in [-0.05, 0) is 17.8 Å². The number of rotatable bonds is 12. The van der Waals surface area contributed by atoms with E-state index in [0.29, 0.717) is 0 Å². The third kappa shape index (κ3) is 9.00. The van der Waals surface area contributed by atoms with Gasteiger partial charge < -0.3 is 0 Å². The molecule has 0 fully saturated rings. The third-order valence-corrected chi connectivity index (χ3v) is 4.83. The second-order valence-corrected chi connectivity index (χ2v) is 6.44. The first-order valence-corrected chi connectivity index (χ1v) is 8.65. The van der Waals surface area contributed by atoms with Gasteiger partial charge in [0.15, 0.2) is 0 Å². The third-order valence-electron chi connectivity index (χ3n) is 4.83. The van der Waals surface area contributed by atoms with Crippen molar-refractivity contribution >= 4 is 0 Å². The molecule has 0 rings (SSSR count). The molecule has 0 aliphatic heterocycles. The summed E-state index contributed by atoms with van der Waals surface area (Å²) in [6.45, 7) is 11.8. The van der Waals surface area contributed by atoms with Crippen molar-refractivity contribution in [2.75, 3.05) is 0 Å². The van der Waals surface area contributed by atoms with Crippen molar-refractivity contribution in [2.24, 2.45) is 17.8 Å². The molecule has 0 aliphatic carbocycles. The van der Waals surface area contributed by atoms with Crippen LogP contribution in [-0.4, -0.2) is 0 Å². The molecule has 0 aromatic carbocycles. The Bertz CT molecular complexity index is 161. The molecule has 0 nitrogen and oxygen atoms in total. The molecule has 18 heavy (non-hydrogen) atoms. The van der Waals surface area contributed by atoms with E-state index in [4.69, 9.17) is 0 Å². The Kier molecular flexibility index (Phi) is 12.1. The van der Waals surface area contributed by atoms with E-state index >= 15 is 0 Å². The van der Waals surface area contributed by atoms with Crippen molar-refractivity contribution in [3.8, 4) is 0 Å². The number of hydrogen-bond acceptors (Lipinski definition) is 0. The van der Waals surface area contributed by atoms with E-state index in [0.717, 1.165) is 17.8 Å². The lowest BCUT2D eigenvalue weighted by Crippen LogP contribution is -2.10. The standard InChI is InChI=1S/C18H38/c1-6-13-18(17(5)8-3)15-12-10-9-11-14-16(4)7-2/h16-18H,6-15H2,1-5H3. The van der Waals surface area contributed by atoms with Crippen molar-refractivity contribution in [1.29, 1.82) is 0 Å². The molecule has 0 aromatic heterocycles. The van der Waals surface area contributed by atoms with Gasteiger partial charge in [0.2, 0.25) is 0 Å². The van der Waals surface area contributed by atoms with Crippen LogP contribution in [-0.2, 0) is 0 Å². The lowest BCUT2D eigenvalue weighted by Gasteiger charge is -2.22. The average molecular weight is 255 g/mol. The second-order valence-electron chi connectivity index (χ2n) is 6.44. The lowest BCUT2D eigenvalue weighted by atomic mass is 9.84. The summed E-state index contributed by atoms with van der Waals surface area (Å²) in [5, 5.41) is 0. The van der Waals surface area contributed by atoms with Crippen LogP contribution in [0.25, 0.3) is 0 Å². The van der Waals surface area contributed by atoms with E-state index in [1.807, 2.05) is 0 Å². The zero-order valence-electron chi connectivity index (χ0n) is 13.8. The largest absolute Gasteiger partial charge is 0.0654 e. The zero-order valence-corrected chi connectivity index (χ0v) is 13.8. The molecule has 0 heteroatoms. The molecule has 0 heterocycles. The summed E-state index contributed by atoms with van der Waals surface area (Å²) in [5.41, 5.74) is 0. The van der Waals surface area contributed by atoms with Crippen LogP contribution in [0.15, 0.2) is 0 Å². The van der Waals surface area contributed by atoms with Gasteiger partial charge in [0.05, 0.1) is 0 Å². The Labute approximate surface area is 117 Å². The summed E-state index contributed by atoms with van der Waals surface area (Å²) in [6.07, 6.45) is 14.3. The van der Waals surface area contributed by atoms with Crippen LogP contribution in [0.5, 0.6) is 0 Å². The summed E-state index contributed by atoms with van der Waals surface area (Å²) in [6, 6.07) is 0. The van der Waals surface area contributed by atoms with Crippen LogP contribution in [0.1, 0.15) is 98.8 Å². The highest BCUT2D eigenvalue weighted by molar-refractivity contribution is 4.65. The van der Waals surface area contributed by atoms with Crippen LogP contribution in [0.4, 0.5) is 0 Å². The molecule has 3 atom stereocenters. The summed E-state index contributed by atoms with van der Waals surface area (Å²) in [4.78, 5) is 0. The second kappa shape index (κ2) is 12.1. The maximum atomic E-state index is 2.45. The van der Waals surface area contributed by atoms with Crippen molar-refractivity contribution < 1.29 is 0 Å². The van der Waals surface area contributed by atoms with E-state index in [9.17, 15) is 0 Å². The molecule has 0 saturated heterocycles. The number of hydrogen-bond donors (Lipinski definition) is 0. The van der Waals surface area contributed by atoms with Gasteiger partial charge in [-0.15, -0.1) is 0 Å². The molecule has 3 unspecified atom stereocenters. The summed E-state index contributed by atoms with van der Waals surface area (Å²) < 4.78 is 0.